The van der Waals surface area contributed by atoms with Crippen LogP contribution in [0.3, 0.4) is 0 Å². The second-order valence-electron chi connectivity index (χ2n) is 4.74. The number of amides is 1. The van der Waals surface area contributed by atoms with E-state index in [1.165, 1.54) is 0 Å². The van der Waals surface area contributed by atoms with Gasteiger partial charge in [-0.3, -0.25) is 0 Å². The molecule has 0 spiro atoms. The topological polar surface area (TPSA) is 62.4 Å². The molecule has 15 heavy (non-hydrogen) atoms. The molecular weight excluding hydrogens is 194 g/mol. The SMILES string of the molecule is CC(C)(C)OC(=O)NCCNC1CNC1. The summed E-state index contributed by atoms with van der Waals surface area (Å²) in [6, 6.07) is 0.561. The molecule has 1 aliphatic rings. The highest BCUT2D eigenvalue weighted by Crippen LogP contribution is 2.05. The minimum Gasteiger partial charge on any atom is -0.444 e. The van der Waals surface area contributed by atoms with Crippen molar-refractivity contribution in [1.29, 1.82) is 0 Å². The lowest BCUT2D eigenvalue weighted by atomic mass is 10.2. The predicted molar refractivity (Wildman–Crippen MR) is 58.9 cm³/mol. The summed E-state index contributed by atoms with van der Waals surface area (Å²) in [6.07, 6.45) is -0.351. The molecular formula is C10H21N3O2. The Morgan fingerprint density at radius 1 is 1.40 bits per heavy atom. The molecule has 0 unspecified atom stereocenters. The molecule has 0 atom stereocenters. The Morgan fingerprint density at radius 2 is 2.07 bits per heavy atom. The van der Waals surface area contributed by atoms with Gasteiger partial charge in [-0.05, 0) is 20.8 Å². The van der Waals surface area contributed by atoms with E-state index in [1.54, 1.807) is 0 Å². The standard InChI is InChI=1S/C10H21N3O2/c1-10(2,3)15-9(14)13-5-4-12-8-6-11-7-8/h8,11-12H,4-7H2,1-3H3,(H,13,14). The fraction of sp³-hybridized carbons (Fsp3) is 0.900. The van der Waals surface area contributed by atoms with Gasteiger partial charge in [0, 0.05) is 32.2 Å². The summed E-state index contributed by atoms with van der Waals surface area (Å²) in [4.78, 5) is 11.2. The quantitative estimate of drug-likeness (QED) is 0.581. The Kier molecular flexibility index (Phi) is 4.35. The second-order valence-corrected chi connectivity index (χ2v) is 4.74. The van der Waals surface area contributed by atoms with Gasteiger partial charge in [-0.25, -0.2) is 4.79 Å². The summed E-state index contributed by atoms with van der Waals surface area (Å²) in [5.74, 6) is 0. The van der Waals surface area contributed by atoms with E-state index in [1.807, 2.05) is 20.8 Å². The average molecular weight is 215 g/mol. The Hall–Kier alpha value is -0.810. The molecule has 0 aromatic heterocycles. The second kappa shape index (κ2) is 5.32. The van der Waals surface area contributed by atoms with Crippen LogP contribution >= 0.6 is 0 Å². The van der Waals surface area contributed by atoms with Crippen molar-refractivity contribution in [3.05, 3.63) is 0 Å². The third kappa shape index (κ3) is 5.59. The van der Waals surface area contributed by atoms with Gasteiger partial charge in [0.2, 0.25) is 0 Å². The first-order chi connectivity index (χ1) is 6.97. The van der Waals surface area contributed by atoms with Crippen LogP contribution in [0.1, 0.15) is 20.8 Å². The molecule has 0 bridgehead atoms. The van der Waals surface area contributed by atoms with Crippen LogP contribution in [0.4, 0.5) is 4.79 Å². The molecule has 3 N–H and O–H groups in total. The van der Waals surface area contributed by atoms with E-state index < -0.39 is 5.60 Å². The highest BCUT2D eigenvalue weighted by atomic mass is 16.6. The zero-order valence-electron chi connectivity index (χ0n) is 9.72. The number of alkyl carbamates (subject to hydrolysis) is 1. The van der Waals surface area contributed by atoms with Crippen LogP contribution in [-0.2, 0) is 4.74 Å². The van der Waals surface area contributed by atoms with E-state index in [4.69, 9.17) is 4.74 Å². The lowest BCUT2D eigenvalue weighted by molar-refractivity contribution is 0.0527. The van der Waals surface area contributed by atoms with E-state index in [9.17, 15) is 4.79 Å². The molecule has 1 aliphatic heterocycles. The molecule has 1 saturated heterocycles. The number of ether oxygens (including phenoxy) is 1. The first-order valence-corrected chi connectivity index (χ1v) is 5.38. The first kappa shape index (κ1) is 12.3. The molecule has 1 rings (SSSR count). The van der Waals surface area contributed by atoms with E-state index in [-0.39, 0.29) is 6.09 Å². The van der Waals surface area contributed by atoms with Crippen LogP contribution in [0, 0.1) is 0 Å². The average Bonchev–Trinajstić information content (AvgIpc) is 1.96. The van der Waals surface area contributed by atoms with E-state index >= 15 is 0 Å². The third-order valence-corrected chi connectivity index (χ3v) is 2.01. The van der Waals surface area contributed by atoms with E-state index in [0.29, 0.717) is 12.6 Å². The number of carbonyl (C=O) groups excluding carboxylic acids is 1. The monoisotopic (exact) mass is 215 g/mol. The number of hydrogen-bond acceptors (Lipinski definition) is 4. The van der Waals surface area contributed by atoms with Gasteiger partial charge in [0.1, 0.15) is 5.60 Å². The maximum Gasteiger partial charge on any atom is 0.407 e. The maximum atomic E-state index is 11.2. The van der Waals surface area contributed by atoms with Crippen molar-refractivity contribution >= 4 is 6.09 Å². The minimum absolute atomic E-state index is 0.351. The van der Waals surface area contributed by atoms with Crippen LogP contribution < -0.4 is 16.0 Å². The van der Waals surface area contributed by atoms with Gasteiger partial charge in [0.25, 0.3) is 0 Å². The van der Waals surface area contributed by atoms with Gasteiger partial charge in [-0.15, -0.1) is 0 Å². The van der Waals surface area contributed by atoms with Crippen molar-refractivity contribution in [2.45, 2.75) is 32.4 Å². The molecule has 5 nitrogen and oxygen atoms in total. The Labute approximate surface area is 90.9 Å². The summed E-state index contributed by atoms with van der Waals surface area (Å²) in [6.45, 7) is 8.98. The van der Waals surface area contributed by atoms with Crippen LogP contribution in [-0.4, -0.2) is 43.9 Å². The molecule has 88 valence electrons. The summed E-state index contributed by atoms with van der Waals surface area (Å²) < 4.78 is 5.09. The fourth-order valence-corrected chi connectivity index (χ4v) is 1.19. The predicted octanol–water partition coefficient (Wildman–Crippen LogP) is 0.0725. The van der Waals surface area contributed by atoms with Crippen molar-refractivity contribution in [2.75, 3.05) is 26.2 Å². The molecule has 1 amide bonds. The molecule has 0 aromatic carbocycles. The number of hydrogen-bond donors (Lipinski definition) is 3. The Balaban J connectivity index is 1.96. The Bertz CT molecular complexity index is 209. The molecule has 0 aromatic rings. The largest absolute Gasteiger partial charge is 0.444 e. The first-order valence-electron chi connectivity index (χ1n) is 5.38. The fourth-order valence-electron chi connectivity index (χ4n) is 1.19. The van der Waals surface area contributed by atoms with Crippen molar-refractivity contribution in [3.63, 3.8) is 0 Å². The van der Waals surface area contributed by atoms with Crippen LogP contribution in [0.5, 0.6) is 0 Å². The normalized spacial score (nSPS) is 17.0. The van der Waals surface area contributed by atoms with Gasteiger partial charge in [-0.1, -0.05) is 0 Å². The lowest BCUT2D eigenvalue weighted by Gasteiger charge is -2.28. The van der Waals surface area contributed by atoms with Gasteiger partial charge < -0.3 is 20.7 Å². The molecule has 0 saturated carbocycles. The molecule has 5 heteroatoms. The Morgan fingerprint density at radius 3 is 2.53 bits per heavy atom. The molecule has 0 radical (unpaired) electrons. The lowest BCUT2D eigenvalue weighted by Crippen LogP contribution is -2.56. The van der Waals surface area contributed by atoms with Crippen molar-refractivity contribution in [1.82, 2.24) is 16.0 Å². The highest BCUT2D eigenvalue weighted by Gasteiger charge is 2.17. The van der Waals surface area contributed by atoms with E-state index in [2.05, 4.69) is 16.0 Å². The van der Waals surface area contributed by atoms with Crippen molar-refractivity contribution in [2.24, 2.45) is 0 Å². The van der Waals surface area contributed by atoms with Gasteiger partial charge >= 0.3 is 6.09 Å². The van der Waals surface area contributed by atoms with Crippen LogP contribution in [0.15, 0.2) is 0 Å². The summed E-state index contributed by atoms with van der Waals surface area (Å²) >= 11 is 0. The van der Waals surface area contributed by atoms with Gasteiger partial charge in [-0.2, -0.15) is 0 Å². The highest BCUT2D eigenvalue weighted by molar-refractivity contribution is 5.67. The van der Waals surface area contributed by atoms with E-state index in [0.717, 1.165) is 19.6 Å². The summed E-state index contributed by atoms with van der Waals surface area (Å²) in [5.41, 5.74) is -0.421. The smallest absolute Gasteiger partial charge is 0.407 e. The maximum absolute atomic E-state index is 11.2. The molecule has 1 fully saturated rings. The third-order valence-electron chi connectivity index (χ3n) is 2.01. The zero-order chi connectivity index (χ0) is 11.3. The van der Waals surface area contributed by atoms with Crippen molar-refractivity contribution in [3.8, 4) is 0 Å². The number of carbonyl (C=O) groups is 1. The van der Waals surface area contributed by atoms with Crippen LogP contribution in [0.25, 0.3) is 0 Å². The zero-order valence-corrected chi connectivity index (χ0v) is 9.72. The molecule has 0 aliphatic carbocycles. The summed E-state index contributed by atoms with van der Waals surface area (Å²) in [7, 11) is 0. The van der Waals surface area contributed by atoms with Crippen LogP contribution in [0.2, 0.25) is 0 Å². The summed E-state index contributed by atoms with van der Waals surface area (Å²) in [5, 5.41) is 9.17. The number of nitrogens with one attached hydrogen (secondary N) is 3. The minimum atomic E-state index is -0.421. The van der Waals surface area contributed by atoms with Crippen molar-refractivity contribution < 1.29 is 9.53 Å². The van der Waals surface area contributed by atoms with Gasteiger partial charge in [0.15, 0.2) is 0 Å². The number of rotatable bonds is 4. The molecule has 1 heterocycles. The van der Waals surface area contributed by atoms with Gasteiger partial charge in [0.05, 0.1) is 0 Å².